The molecule has 0 aromatic carbocycles. The molecule has 0 aliphatic carbocycles. The lowest BCUT2D eigenvalue weighted by molar-refractivity contribution is 0.318. The van der Waals surface area contributed by atoms with Crippen LogP contribution in [0, 0.1) is 0 Å². The van der Waals surface area contributed by atoms with E-state index in [1.165, 1.54) is 0 Å². The van der Waals surface area contributed by atoms with E-state index in [1.54, 1.807) is 13.8 Å². The summed E-state index contributed by atoms with van der Waals surface area (Å²) in [4.78, 5) is 0. The fourth-order valence-corrected chi connectivity index (χ4v) is 0.604. The molecule has 0 spiro atoms. The maximum absolute atomic E-state index is 7.57. The van der Waals surface area contributed by atoms with Crippen LogP contribution in [0.1, 0.15) is 13.8 Å². The van der Waals surface area contributed by atoms with Gasteiger partial charge in [0.1, 0.15) is 0 Å². The Balaban J connectivity index is 0. The highest BCUT2D eigenvalue weighted by Crippen LogP contribution is 1.65. The summed E-state index contributed by atoms with van der Waals surface area (Å²) in [5.74, 6) is 0. The largest absolute Gasteiger partial charge is 0.397 e. The average Bonchev–Trinajstić information content (AvgIpc) is 2.10. The molecule has 0 amide bonds. The van der Waals surface area contributed by atoms with Crippen molar-refractivity contribution in [2.75, 3.05) is 39.4 Å². The predicted octanol–water partition coefficient (Wildman–Crippen LogP) is -0.824. The Labute approximate surface area is 75.0 Å². The summed E-state index contributed by atoms with van der Waals surface area (Å²) in [6.45, 7) is 8.42. The van der Waals surface area contributed by atoms with Gasteiger partial charge in [-0.05, 0) is 13.8 Å². The first-order valence-corrected chi connectivity index (χ1v) is 4.46. The molecule has 1 aliphatic heterocycles. The lowest BCUT2D eigenvalue weighted by Crippen LogP contribution is -2.39. The van der Waals surface area contributed by atoms with E-state index in [2.05, 4.69) is 10.6 Å². The maximum atomic E-state index is 7.57. The molecule has 0 aromatic heterocycles. The molecule has 4 heteroatoms. The minimum Gasteiger partial charge on any atom is -0.397 e. The van der Waals surface area contributed by atoms with E-state index in [1.807, 2.05) is 0 Å². The van der Waals surface area contributed by atoms with Gasteiger partial charge in [0.2, 0.25) is 0 Å². The summed E-state index contributed by atoms with van der Waals surface area (Å²) < 4.78 is 0. The third kappa shape index (κ3) is 22.5. The third-order valence-corrected chi connectivity index (χ3v) is 0.957. The predicted molar refractivity (Wildman–Crippen MR) is 51.3 cm³/mol. The second-order valence-electron chi connectivity index (χ2n) is 2.13. The highest BCUT2D eigenvalue weighted by atomic mass is 16.3. The van der Waals surface area contributed by atoms with Crippen LogP contribution in [0.3, 0.4) is 0 Å². The molecule has 0 saturated carbocycles. The highest BCUT2D eigenvalue weighted by Gasteiger charge is 1.91. The van der Waals surface area contributed by atoms with Crippen LogP contribution < -0.4 is 10.6 Å². The number of aliphatic hydroxyl groups is 2. The van der Waals surface area contributed by atoms with Crippen molar-refractivity contribution in [3.05, 3.63) is 0 Å². The zero-order chi connectivity index (χ0) is 9.66. The Hall–Kier alpha value is -0.160. The quantitative estimate of drug-likeness (QED) is 0.391. The summed E-state index contributed by atoms with van der Waals surface area (Å²) >= 11 is 0. The van der Waals surface area contributed by atoms with Gasteiger partial charge >= 0.3 is 0 Å². The van der Waals surface area contributed by atoms with Gasteiger partial charge in [-0.3, -0.25) is 0 Å². The first kappa shape index (κ1) is 14.4. The zero-order valence-corrected chi connectivity index (χ0v) is 8.14. The Kier molecular flexibility index (Phi) is 20.4. The molecule has 4 N–H and O–H groups in total. The Morgan fingerprint density at radius 2 is 1.00 bits per heavy atom. The normalized spacial score (nSPS) is 15.0. The average molecular weight is 178 g/mol. The fraction of sp³-hybridized carbons (Fsp3) is 1.00. The van der Waals surface area contributed by atoms with Crippen molar-refractivity contribution in [3.8, 4) is 0 Å². The van der Waals surface area contributed by atoms with Crippen LogP contribution in [0.15, 0.2) is 0 Å². The van der Waals surface area contributed by atoms with E-state index in [9.17, 15) is 0 Å². The molecule has 0 radical (unpaired) electrons. The summed E-state index contributed by atoms with van der Waals surface area (Å²) in [6.07, 6.45) is 0. The minimum absolute atomic E-state index is 0.250. The Morgan fingerprint density at radius 3 is 1.08 bits per heavy atom. The standard InChI is InChI=1S/C4H10N2.2C2H6O/c1-2-6-4-3-5-1;2*1-2-3/h5-6H,1-4H2;2*3H,2H2,1H3. The molecule has 4 nitrogen and oxygen atoms in total. The molecule has 1 saturated heterocycles. The van der Waals surface area contributed by atoms with E-state index in [4.69, 9.17) is 10.2 Å². The molecule has 0 aromatic rings. The van der Waals surface area contributed by atoms with Crippen molar-refractivity contribution in [2.24, 2.45) is 0 Å². The lowest BCUT2D eigenvalue weighted by Gasteiger charge is -2.11. The smallest absolute Gasteiger partial charge is 0.0402 e. The van der Waals surface area contributed by atoms with Gasteiger partial charge in [-0.25, -0.2) is 0 Å². The molecule has 0 unspecified atom stereocenters. The molecule has 0 atom stereocenters. The van der Waals surface area contributed by atoms with Gasteiger partial charge in [0.25, 0.3) is 0 Å². The van der Waals surface area contributed by atoms with E-state index >= 15 is 0 Å². The van der Waals surface area contributed by atoms with E-state index in [-0.39, 0.29) is 13.2 Å². The number of hydrogen-bond donors (Lipinski definition) is 4. The van der Waals surface area contributed by atoms with Crippen LogP contribution in [0.5, 0.6) is 0 Å². The molecule has 1 fully saturated rings. The van der Waals surface area contributed by atoms with Crippen molar-refractivity contribution in [2.45, 2.75) is 13.8 Å². The summed E-state index contributed by atoms with van der Waals surface area (Å²) in [6, 6.07) is 0. The van der Waals surface area contributed by atoms with E-state index in [0.29, 0.717) is 0 Å². The number of aliphatic hydroxyl groups excluding tert-OH is 2. The Bertz CT molecular complexity index is 45.5. The Morgan fingerprint density at radius 1 is 0.833 bits per heavy atom. The summed E-state index contributed by atoms with van der Waals surface area (Å²) in [5, 5.41) is 21.6. The van der Waals surface area contributed by atoms with E-state index in [0.717, 1.165) is 26.2 Å². The van der Waals surface area contributed by atoms with E-state index < -0.39 is 0 Å². The second kappa shape index (κ2) is 17.1. The van der Waals surface area contributed by atoms with Gasteiger partial charge < -0.3 is 20.8 Å². The maximum Gasteiger partial charge on any atom is 0.0402 e. The molecule has 76 valence electrons. The summed E-state index contributed by atoms with van der Waals surface area (Å²) in [5.41, 5.74) is 0. The van der Waals surface area contributed by atoms with Gasteiger partial charge in [0.05, 0.1) is 0 Å². The first-order chi connectivity index (χ1) is 5.83. The van der Waals surface area contributed by atoms with Crippen molar-refractivity contribution in [1.82, 2.24) is 10.6 Å². The minimum atomic E-state index is 0.250. The SMILES string of the molecule is C1CNCCN1.CCO.CCO. The second-order valence-corrected chi connectivity index (χ2v) is 2.13. The first-order valence-electron chi connectivity index (χ1n) is 4.46. The lowest BCUT2D eigenvalue weighted by atomic mass is 10.4. The number of hydrogen-bond acceptors (Lipinski definition) is 4. The molecule has 12 heavy (non-hydrogen) atoms. The molecular formula is C8H22N2O2. The number of rotatable bonds is 0. The van der Waals surface area contributed by atoms with Gasteiger partial charge in [-0.1, -0.05) is 0 Å². The van der Waals surface area contributed by atoms with Crippen LogP contribution in [0.4, 0.5) is 0 Å². The van der Waals surface area contributed by atoms with Crippen LogP contribution in [0.25, 0.3) is 0 Å². The van der Waals surface area contributed by atoms with Crippen LogP contribution in [-0.2, 0) is 0 Å². The number of piperazine rings is 1. The molecular weight excluding hydrogens is 156 g/mol. The van der Waals surface area contributed by atoms with Crippen LogP contribution >= 0.6 is 0 Å². The van der Waals surface area contributed by atoms with Gasteiger partial charge in [0.15, 0.2) is 0 Å². The molecule has 1 heterocycles. The van der Waals surface area contributed by atoms with Crippen LogP contribution in [-0.4, -0.2) is 49.6 Å². The van der Waals surface area contributed by atoms with Crippen molar-refractivity contribution in [3.63, 3.8) is 0 Å². The van der Waals surface area contributed by atoms with Crippen molar-refractivity contribution < 1.29 is 10.2 Å². The fourth-order valence-electron chi connectivity index (χ4n) is 0.604. The van der Waals surface area contributed by atoms with Crippen molar-refractivity contribution >= 4 is 0 Å². The summed E-state index contributed by atoms with van der Waals surface area (Å²) in [7, 11) is 0. The van der Waals surface area contributed by atoms with Gasteiger partial charge in [0, 0.05) is 39.4 Å². The number of nitrogens with one attached hydrogen (secondary N) is 2. The van der Waals surface area contributed by atoms with Gasteiger partial charge in [-0.15, -0.1) is 0 Å². The monoisotopic (exact) mass is 178 g/mol. The van der Waals surface area contributed by atoms with Crippen molar-refractivity contribution in [1.29, 1.82) is 0 Å². The third-order valence-electron chi connectivity index (χ3n) is 0.957. The van der Waals surface area contributed by atoms with Gasteiger partial charge in [-0.2, -0.15) is 0 Å². The van der Waals surface area contributed by atoms with Crippen LogP contribution in [0.2, 0.25) is 0 Å². The molecule has 1 rings (SSSR count). The zero-order valence-electron chi connectivity index (χ0n) is 8.14. The molecule has 1 aliphatic rings. The molecule has 0 bridgehead atoms. The topological polar surface area (TPSA) is 64.5 Å². The highest BCUT2D eigenvalue weighted by molar-refractivity contribution is 4.59.